The van der Waals surface area contributed by atoms with E-state index in [0.29, 0.717) is 6.42 Å². The lowest BCUT2D eigenvalue weighted by atomic mass is 10.0. The van der Waals surface area contributed by atoms with E-state index in [-0.39, 0.29) is 18.0 Å². The van der Waals surface area contributed by atoms with Crippen molar-refractivity contribution in [3.8, 4) is 0 Å². The molecule has 0 aliphatic rings. The van der Waals surface area contributed by atoms with Gasteiger partial charge >= 0.3 is 0 Å². The van der Waals surface area contributed by atoms with Crippen molar-refractivity contribution in [1.82, 2.24) is 0 Å². The van der Waals surface area contributed by atoms with Crippen LogP contribution >= 0.6 is 0 Å². The van der Waals surface area contributed by atoms with Gasteiger partial charge in [-0.15, -0.1) is 0 Å². The summed E-state index contributed by atoms with van der Waals surface area (Å²) in [4.78, 5) is 22.0. The maximum Gasteiger partial charge on any atom is 0.140 e. The van der Waals surface area contributed by atoms with Crippen LogP contribution in [0, 0.1) is 0 Å². The van der Waals surface area contributed by atoms with Crippen LogP contribution in [0.25, 0.3) is 0 Å². The summed E-state index contributed by atoms with van der Waals surface area (Å²) >= 11 is 0. The zero-order valence-electron chi connectivity index (χ0n) is 10.4. The third kappa shape index (κ3) is 6.67. The molecule has 1 aromatic carbocycles. The molecular weight excluding hydrogens is 212 g/mol. The molecule has 1 rings (SSSR count). The average molecular weight is 232 g/mol. The molecule has 0 heterocycles. The van der Waals surface area contributed by atoms with Crippen molar-refractivity contribution in [3.63, 3.8) is 0 Å². The topological polar surface area (TPSA) is 34.1 Å². The standard InChI is InChI=1S/C15H20O2/c1-13(16)12-15(17)11-7-3-6-10-14-8-4-2-5-9-14/h2,4-5,8-9H,3,6-7,10-12H2,1H3. The van der Waals surface area contributed by atoms with Crippen molar-refractivity contribution in [3.05, 3.63) is 35.9 Å². The predicted molar refractivity (Wildman–Crippen MR) is 68.9 cm³/mol. The van der Waals surface area contributed by atoms with E-state index < -0.39 is 0 Å². The Morgan fingerprint density at radius 2 is 1.71 bits per heavy atom. The Bertz CT molecular complexity index is 354. The van der Waals surface area contributed by atoms with Gasteiger partial charge in [-0.2, -0.15) is 0 Å². The number of carbonyl (C=O) groups is 2. The molecular formula is C15H20O2. The first-order valence-electron chi connectivity index (χ1n) is 6.23. The molecule has 0 amide bonds. The molecule has 0 aliphatic carbocycles. The quantitative estimate of drug-likeness (QED) is 0.509. The summed E-state index contributed by atoms with van der Waals surface area (Å²) in [6.07, 6.45) is 4.80. The Morgan fingerprint density at radius 1 is 1.00 bits per heavy atom. The fraction of sp³-hybridized carbons (Fsp3) is 0.467. The van der Waals surface area contributed by atoms with Crippen molar-refractivity contribution in [2.75, 3.05) is 0 Å². The van der Waals surface area contributed by atoms with E-state index in [1.165, 1.54) is 12.5 Å². The maximum absolute atomic E-state index is 11.3. The smallest absolute Gasteiger partial charge is 0.140 e. The van der Waals surface area contributed by atoms with Crippen LogP contribution in [-0.2, 0) is 16.0 Å². The highest BCUT2D eigenvalue weighted by atomic mass is 16.1. The van der Waals surface area contributed by atoms with Crippen molar-refractivity contribution in [1.29, 1.82) is 0 Å². The van der Waals surface area contributed by atoms with Gasteiger partial charge in [0.05, 0.1) is 6.42 Å². The zero-order valence-corrected chi connectivity index (χ0v) is 10.4. The number of unbranched alkanes of at least 4 members (excludes halogenated alkanes) is 2. The summed E-state index contributed by atoms with van der Waals surface area (Å²) < 4.78 is 0. The van der Waals surface area contributed by atoms with Crippen molar-refractivity contribution >= 4 is 11.6 Å². The van der Waals surface area contributed by atoms with Crippen LogP contribution in [0.5, 0.6) is 0 Å². The molecule has 17 heavy (non-hydrogen) atoms. The number of Topliss-reactive ketones (excluding diaryl/α,β-unsaturated/α-hetero) is 2. The highest BCUT2D eigenvalue weighted by Crippen LogP contribution is 2.08. The van der Waals surface area contributed by atoms with Gasteiger partial charge in [0.25, 0.3) is 0 Å². The summed E-state index contributed by atoms with van der Waals surface area (Å²) in [5.74, 6) is 0.0523. The first-order chi connectivity index (χ1) is 8.18. The van der Waals surface area contributed by atoms with Crippen LogP contribution in [-0.4, -0.2) is 11.6 Å². The molecule has 2 heteroatoms. The van der Waals surface area contributed by atoms with Crippen LogP contribution in [0.3, 0.4) is 0 Å². The van der Waals surface area contributed by atoms with E-state index >= 15 is 0 Å². The maximum atomic E-state index is 11.3. The average Bonchev–Trinajstić information content (AvgIpc) is 2.29. The van der Waals surface area contributed by atoms with E-state index in [9.17, 15) is 9.59 Å². The molecule has 0 spiro atoms. The molecule has 92 valence electrons. The van der Waals surface area contributed by atoms with Crippen LogP contribution < -0.4 is 0 Å². The second-order valence-corrected chi connectivity index (χ2v) is 4.46. The van der Waals surface area contributed by atoms with Crippen molar-refractivity contribution < 1.29 is 9.59 Å². The van der Waals surface area contributed by atoms with Gasteiger partial charge < -0.3 is 0 Å². The minimum atomic E-state index is -0.0284. The number of aryl methyl sites for hydroxylation is 1. The molecule has 0 bridgehead atoms. The van der Waals surface area contributed by atoms with E-state index in [0.717, 1.165) is 25.7 Å². The van der Waals surface area contributed by atoms with Gasteiger partial charge in [-0.05, 0) is 31.7 Å². The monoisotopic (exact) mass is 232 g/mol. The predicted octanol–water partition coefficient (Wildman–Crippen LogP) is 3.34. The van der Waals surface area contributed by atoms with E-state index in [4.69, 9.17) is 0 Å². The molecule has 0 unspecified atom stereocenters. The summed E-state index contributed by atoms with van der Waals surface area (Å²) in [6, 6.07) is 10.4. The third-order valence-corrected chi connectivity index (χ3v) is 2.71. The molecule has 0 N–H and O–H groups in total. The summed E-state index contributed by atoms with van der Waals surface area (Å²) in [6.45, 7) is 1.47. The van der Waals surface area contributed by atoms with Gasteiger partial charge in [0.15, 0.2) is 0 Å². The molecule has 0 saturated carbocycles. The largest absolute Gasteiger partial charge is 0.300 e. The highest BCUT2D eigenvalue weighted by Gasteiger charge is 2.04. The first kappa shape index (κ1) is 13.6. The highest BCUT2D eigenvalue weighted by molar-refractivity contribution is 5.97. The Balaban J connectivity index is 2.05. The first-order valence-corrected chi connectivity index (χ1v) is 6.23. The van der Waals surface area contributed by atoms with Crippen LogP contribution in [0.1, 0.15) is 44.6 Å². The minimum absolute atomic E-state index is 0.0284. The van der Waals surface area contributed by atoms with Crippen LogP contribution in [0.4, 0.5) is 0 Å². The fourth-order valence-electron chi connectivity index (χ4n) is 1.84. The second-order valence-electron chi connectivity index (χ2n) is 4.46. The summed E-state index contributed by atoms with van der Waals surface area (Å²) in [7, 11) is 0. The second kappa shape index (κ2) is 7.77. The van der Waals surface area contributed by atoms with Gasteiger partial charge in [-0.3, -0.25) is 9.59 Å². The Hall–Kier alpha value is -1.44. The zero-order chi connectivity index (χ0) is 12.5. The fourth-order valence-corrected chi connectivity index (χ4v) is 1.84. The molecule has 1 aromatic rings. The normalized spacial score (nSPS) is 10.2. The molecule has 2 nitrogen and oxygen atoms in total. The van der Waals surface area contributed by atoms with Gasteiger partial charge in [0.2, 0.25) is 0 Å². The molecule has 0 fully saturated rings. The number of hydrogen-bond donors (Lipinski definition) is 0. The Morgan fingerprint density at radius 3 is 2.35 bits per heavy atom. The number of rotatable bonds is 8. The lowest BCUT2D eigenvalue weighted by Crippen LogP contribution is -2.03. The number of carbonyl (C=O) groups excluding carboxylic acids is 2. The van der Waals surface area contributed by atoms with E-state index in [2.05, 4.69) is 12.1 Å². The van der Waals surface area contributed by atoms with Crippen LogP contribution in [0.2, 0.25) is 0 Å². The van der Waals surface area contributed by atoms with Gasteiger partial charge in [0.1, 0.15) is 11.6 Å². The molecule has 0 aromatic heterocycles. The molecule has 0 aliphatic heterocycles. The number of hydrogen-bond acceptors (Lipinski definition) is 2. The third-order valence-electron chi connectivity index (χ3n) is 2.71. The van der Waals surface area contributed by atoms with Gasteiger partial charge in [0, 0.05) is 6.42 Å². The molecule has 0 saturated heterocycles. The van der Waals surface area contributed by atoms with E-state index in [1.54, 1.807) is 0 Å². The molecule has 0 radical (unpaired) electrons. The van der Waals surface area contributed by atoms with Crippen molar-refractivity contribution in [2.24, 2.45) is 0 Å². The van der Waals surface area contributed by atoms with Gasteiger partial charge in [-0.1, -0.05) is 36.8 Å². The Kier molecular flexibility index (Phi) is 6.23. The minimum Gasteiger partial charge on any atom is -0.300 e. The SMILES string of the molecule is CC(=O)CC(=O)CCCCCc1ccccc1. The number of ketones is 2. The van der Waals surface area contributed by atoms with Gasteiger partial charge in [-0.25, -0.2) is 0 Å². The lowest BCUT2D eigenvalue weighted by Gasteiger charge is -2.01. The Labute approximate surface area is 103 Å². The van der Waals surface area contributed by atoms with E-state index in [1.807, 2.05) is 18.2 Å². The van der Waals surface area contributed by atoms with Crippen molar-refractivity contribution in [2.45, 2.75) is 45.4 Å². The number of benzene rings is 1. The lowest BCUT2D eigenvalue weighted by molar-refractivity contribution is -0.125. The summed E-state index contributed by atoms with van der Waals surface area (Å²) in [5.41, 5.74) is 1.35. The molecule has 0 atom stereocenters. The summed E-state index contributed by atoms with van der Waals surface area (Å²) in [5, 5.41) is 0. The van der Waals surface area contributed by atoms with Crippen LogP contribution in [0.15, 0.2) is 30.3 Å².